The Morgan fingerprint density at radius 1 is 1.19 bits per heavy atom. The first-order valence-electron chi connectivity index (χ1n) is 9.35. The van der Waals surface area contributed by atoms with E-state index < -0.39 is 0 Å². The highest BCUT2D eigenvalue weighted by Crippen LogP contribution is 2.27. The van der Waals surface area contributed by atoms with E-state index in [1.165, 1.54) is 64.7 Å². The van der Waals surface area contributed by atoms with E-state index in [-0.39, 0.29) is 6.10 Å². The monoisotopic (exact) mass is 296 g/mol. The summed E-state index contributed by atoms with van der Waals surface area (Å²) >= 11 is 0. The van der Waals surface area contributed by atoms with Crippen molar-refractivity contribution in [1.82, 2.24) is 10.2 Å². The summed E-state index contributed by atoms with van der Waals surface area (Å²) in [6.45, 7) is 9.22. The number of rotatable bonds is 9. The van der Waals surface area contributed by atoms with Gasteiger partial charge in [-0.25, -0.2) is 0 Å². The van der Waals surface area contributed by atoms with Gasteiger partial charge in [-0.15, -0.1) is 0 Å². The number of hydrogen-bond donors (Lipinski definition) is 2. The summed E-state index contributed by atoms with van der Waals surface area (Å²) in [5.74, 6) is 1.61. The van der Waals surface area contributed by atoms with Crippen LogP contribution in [0, 0.1) is 11.8 Å². The summed E-state index contributed by atoms with van der Waals surface area (Å²) in [5, 5.41) is 13.8. The fourth-order valence-electron chi connectivity index (χ4n) is 3.77. The third kappa shape index (κ3) is 5.88. The first-order valence-corrected chi connectivity index (χ1v) is 9.35. The maximum absolute atomic E-state index is 9.99. The Kier molecular flexibility index (Phi) is 7.48. The Morgan fingerprint density at radius 3 is 2.62 bits per heavy atom. The zero-order valence-electron chi connectivity index (χ0n) is 14.2. The molecule has 1 aliphatic carbocycles. The van der Waals surface area contributed by atoms with Gasteiger partial charge in [-0.1, -0.05) is 26.7 Å². The van der Waals surface area contributed by atoms with Crippen LogP contribution in [0.5, 0.6) is 0 Å². The number of unbranched alkanes of at least 4 members (excludes halogenated alkanes) is 1. The molecular weight excluding hydrogens is 260 g/mol. The molecule has 1 saturated heterocycles. The van der Waals surface area contributed by atoms with Gasteiger partial charge in [-0.2, -0.15) is 0 Å². The van der Waals surface area contributed by atoms with Crippen LogP contribution in [0.1, 0.15) is 65.2 Å². The predicted octanol–water partition coefficient (Wildman–Crippen LogP) is 3.03. The number of piperidine rings is 1. The van der Waals surface area contributed by atoms with Gasteiger partial charge >= 0.3 is 0 Å². The molecule has 0 aromatic rings. The van der Waals surface area contributed by atoms with Crippen LogP contribution < -0.4 is 5.32 Å². The molecule has 3 unspecified atom stereocenters. The van der Waals surface area contributed by atoms with E-state index in [4.69, 9.17) is 0 Å². The number of likely N-dealkylation sites (tertiary alicyclic amines) is 1. The summed E-state index contributed by atoms with van der Waals surface area (Å²) in [6.07, 6.45) is 9.91. The third-order valence-corrected chi connectivity index (χ3v) is 5.44. The number of hydrogen-bond acceptors (Lipinski definition) is 3. The number of aliphatic hydroxyl groups is 1. The largest absolute Gasteiger partial charge is 0.393 e. The maximum Gasteiger partial charge on any atom is 0.0540 e. The molecule has 124 valence electrons. The first kappa shape index (κ1) is 17.2. The van der Waals surface area contributed by atoms with Gasteiger partial charge < -0.3 is 15.3 Å². The van der Waals surface area contributed by atoms with Crippen LogP contribution in [-0.2, 0) is 0 Å². The summed E-state index contributed by atoms with van der Waals surface area (Å²) in [6, 6.07) is 0.644. The van der Waals surface area contributed by atoms with Gasteiger partial charge in [0.25, 0.3) is 0 Å². The van der Waals surface area contributed by atoms with Crippen LogP contribution in [0.15, 0.2) is 0 Å². The lowest BCUT2D eigenvalue weighted by Gasteiger charge is -2.40. The van der Waals surface area contributed by atoms with Crippen molar-refractivity contribution in [3.63, 3.8) is 0 Å². The quantitative estimate of drug-likeness (QED) is 0.686. The van der Waals surface area contributed by atoms with Gasteiger partial charge in [0.1, 0.15) is 0 Å². The van der Waals surface area contributed by atoms with Crippen LogP contribution in [-0.4, -0.2) is 48.3 Å². The Balaban J connectivity index is 1.79. The molecule has 1 aliphatic heterocycles. The second-order valence-electron chi connectivity index (χ2n) is 7.41. The lowest BCUT2D eigenvalue weighted by atomic mass is 9.84. The van der Waals surface area contributed by atoms with Gasteiger partial charge in [0, 0.05) is 19.1 Å². The molecule has 1 saturated carbocycles. The summed E-state index contributed by atoms with van der Waals surface area (Å²) in [7, 11) is 0. The molecule has 3 nitrogen and oxygen atoms in total. The Bertz CT molecular complexity index is 280. The number of aliphatic hydroxyl groups excluding tert-OH is 1. The molecule has 2 rings (SSSR count). The number of nitrogens with zero attached hydrogens (tertiary/aromatic N) is 1. The molecule has 21 heavy (non-hydrogen) atoms. The molecule has 2 N–H and O–H groups in total. The second-order valence-corrected chi connectivity index (χ2v) is 7.41. The topological polar surface area (TPSA) is 35.5 Å². The third-order valence-electron chi connectivity index (χ3n) is 5.44. The van der Waals surface area contributed by atoms with E-state index in [2.05, 4.69) is 24.1 Å². The van der Waals surface area contributed by atoms with E-state index in [0.717, 1.165) is 18.8 Å². The SMILES string of the molecule is CCCCN1CC(CC(O)CC)CC(NCC2CCC2)C1. The second kappa shape index (κ2) is 9.12. The normalized spacial score (nSPS) is 29.3. The van der Waals surface area contributed by atoms with Crippen molar-refractivity contribution in [3.05, 3.63) is 0 Å². The average Bonchev–Trinajstić information content (AvgIpc) is 2.43. The van der Waals surface area contributed by atoms with Gasteiger partial charge in [-0.05, 0) is 63.5 Å². The first-order chi connectivity index (χ1) is 10.2. The van der Waals surface area contributed by atoms with E-state index >= 15 is 0 Å². The lowest BCUT2D eigenvalue weighted by molar-refractivity contribution is 0.0811. The number of nitrogens with one attached hydrogen (secondary N) is 1. The zero-order chi connectivity index (χ0) is 15.1. The van der Waals surface area contributed by atoms with E-state index in [1.807, 2.05) is 0 Å². The average molecular weight is 296 g/mol. The van der Waals surface area contributed by atoms with Crippen molar-refractivity contribution >= 4 is 0 Å². The van der Waals surface area contributed by atoms with Crippen molar-refractivity contribution in [2.45, 2.75) is 77.4 Å². The van der Waals surface area contributed by atoms with Crippen LogP contribution in [0.4, 0.5) is 0 Å². The molecule has 0 bridgehead atoms. The van der Waals surface area contributed by atoms with Crippen molar-refractivity contribution in [2.24, 2.45) is 11.8 Å². The molecule has 2 fully saturated rings. The van der Waals surface area contributed by atoms with Crippen molar-refractivity contribution in [1.29, 1.82) is 0 Å². The van der Waals surface area contributed by atoms with E-state index in [0.29, 0.717) is 12.0 Å². The van der Waals surface area contributed by atoms with Crippen molar-refractivity contribution < 1.29 is 5.11 Å². The Morgan fingerprint density at radius 2 is 2.00 bits per heavy atom. The molecule has 3 atom stereocenters. The highest BCUT2D eigenvalue weighted by molar-refractivity contribution is 4.86. The van der Waals surface area contributed by atoms with Gasteiger partial charge in [0.05, 0.1) is 6.10 Å². The van der Waals surface area contributed by atoms with Gasteiger partial charge in [0.2, 0.25) is 0 Å². The van der Waals surface area contributed by atoms with E-state index in [1.54, 1.807) is 0 Å². The molecule has 0 spiro atoms. The fourth-order valence-corrected chi connectivity index (χ4v) is 3.77. The highest BCUT2D eigenvalue weighted by Gasteiger charge is 2.28. The maximum atomic E-state index is 9.99. The minimum atomic E-state index is -0.103. The smallest absolute Gasteiger partial charge is 0.0540 e. The summed E-state index contributed by atoms with van der Waals surface area (Å²) in [5.41, 5.74) is 0. The molecule has 0 aromatic heterocycles. The molecule has 2 aliphatic rings. The molecule has 1 heterocycles. The summed E-state index contributed by atoms with van der Waals surface area (Å²) < 4.78 is 0. The standard InChI is InChI=1S/C18H36N2O/c1-3-5-9-20-13-16(11-18(21)4-2)10-17(14-20)19-12-15-7-6-8-15/h15-19,21H,3-14H2,1-2H3. The van der Waals surface area contributed by atoms with Gasteiger partial charge in [-0.3, -0.25) is 0 Å². The van der Waals surface area contributed by atoms with Crippen LogP contribution in [0.3, 0.4) is 0 Å². The minimum absolute atomic E-state index is 0.103. The zero-order valence-corrected chi connectivity index (χ0v) is 14.2. The van der Waals surface area contributed by atoms with Crippen LogP contribution in [0.2, 0.25) is 0 Å². The van der Waals surface area contributed by atoms with Gasteiger partial charge in [0.15, 0.2) is 0 Å². The molecule has 3 heteroatoms. The highest BCUT2D eigenvalue weighted by atomic mass is 16.3. The van der Waals surface area contributed by atoms with Crippen molar-refractivity contribution in [2.75, 3.05) is 26.2 Å². The fraction of sp³-hybridized carbons (Fsp3) is 1.00. The van der Waals surface area contributed by atoms with E-state index in [9.17, 15) is 5.11 Å². The molecule has 0 radical (unpaired) electrons. The Hall–Kier alpha value is -0.120. The lowest BCUT2D eigenvalue weighted by Crippen LogP contribution is -2.51. The van der Waals surface area contributed by atoms with Crippen molar-refractivity contribution in [3.8, 4) is 0 Å². The van der Waals surface area contributed by atoms with Crippen LogP contribution in [0.25, 0.3) is 0 Å². The van der Waals surface area contributed by atoms with Crippen LogP contribution >= 0.6 is 0 Å². The molecule has 0 aromatic carbocycles. The predicted molar refractivity (Wildman–Crippen MR) is 89.5 cm³/mol. The summed E-state index contributed by atoms with van der Waals surface area (Å²) in [4.78, 5) is 2.64. The molecular formula is C18H36N2O. The molecule has 0 amide bonds. The minimum Gasteiger partial charge on any atom is -0.393 e. The Labute approximate surface area is 131 Å².